The molecule has 2 rings (SSSR count). The Kier molecular flexibility index (Phi) is 3.31. The highest BCUT2D eigenvalue weighted by atomic mass is 16.3. The van der Waals surface area contributed by atoms with Gasteiger partial charge in [-0.3, -0.25) is 0 Å². The third kappa shape index (κ3) is 3.32. The van der Waals surface area contributed by atoms with E-state index in [0.717, 1.165) is 32.1 Å². The van der Waals surface area contributed by atoms with Crippen LogP contribution in [0.3, 0.4) is 0 Å². The number of hydrogen-bond acceptors (Lipinski definition) is 2. The molecule has 1 unspecified atom stereocenters. The number of benzene rings is 1. The van der Waals surface area contributed by atoms with E-state index in [2.05, 4.69) is 24.3 Å². The molecule has 0 amide bonds. The van der Waals surface area contributed by atoms with Gasteiger partial charge in [-0.25, -0.2) is 0 Å². The van der Waals surface area contributed by atoms with Crippen molar-refractivity contribution in [2.24, 2.45) is 0 Å². The summed E-state index contributed by atoms with van der Waals surface area (Å²) in [4.78, 5) is 0. The smallest absolute Gasteiger partial charge is 0.0690 e. The zero-order valence-corrected chi connectivity index (χ0v) is 9.82. The Morgan fingerprint density at radius 1 is 1.19 bits per heavy atom. The molecule has 1 aromatic carbocycles. The first-order valence-corrected chi connectivity index (χ1v) is 6.06. The molecule has 2 nitrogen and oxygen atoms in total. The molecule has 0 aliphatic heterocycles. The average molecular weight is 220 g/mol. The highest BCUT2D eigenvalue weighted by Gasteiger charge is 2.39. The van der Waals surface area contributed by atoms with E-state index in [9.17, 15) is 10.2 Å². The summed E-state index contributed by atoms with van der Waals surface area (Å²) in [7, 11) is 0. The maximum Gasteiger partial charge on any atom is 0.0690 e. The first-order chi connectivity index (χ1) is 7.57. The van der Waals surface area contributed by atoms with Crippen LogP contribution in [0.1, 0.15) is 37.3 Å². The van der Waals surface area contributed by atoms with Crippen LogP contribution < -0.4 is 0 Å². The third-order valence-corrected chi connectivity index (χ3v) is 3.23. The molecular weight excluding hydrogens is 200 g/mol. The van der Waals surface area contributed by atoms with Gasteiger partial charge in [-0.1, -0.05) is 24.3 Å². The number of aryl methyl sites for hydroxylation is 1. The highest BCUT2D eigenvalue weighted by molar-refractivity contribution is 5.25. The summed E-state index contributed by atoms with van der Waals surface area (Å²) in [5.74, 6) is 0. The number of hydrogen-bond donors (Lipinski definition) is 2. The van der Waals surface area contributed by atoms with Crippen molar-refractivity contribution in [3.05, 3.63) is 35.4 Å². The molecule has 1 saturated carbocycles. The van der Waals surface area contributed by atoms with Gasteiger partial charge in [0.15, 0.2) is 0 Å². The summed E-state index contributed by atoms with van der Waals surface area (Å²) in [6, 6.07) is 8.38. The van der Waals surface area contributed by atoms with Crippen molar-refractivity contribution in [3.8, 4) is 0 Å². The van der Waals surface area contributed by atoms with Crippen molar-refractivity contribution < 1.29 is 10.2 Å². The first kappa shape index (κ1) is 11.6. The van der Waals surface area contributed by atoms with E-state index < -0.39 is 5.60 Å². The maximum atomic E-state index is 9.79. The fraction of sp³-hybridized carbons (Fsp3) is 0.571. The first-order valence-electron chi connectivity index (χ1n) is 6.06. The van der Waals surface area contributed by atoms with Gasteiger partial charge in [0.05, 0.1) is 11.7 Å². The normalized spacial score (nSPS) is 19.4. The van der Waals surface area contributed by atoms with Crippen LogP contribution in [-0.4, -0.2) is 21.9 Å². The van der Waals surface area contributed by atoms with Gasteiger partial charge in [-0.05, 0) is 43.7 Å². The van der Waals surface area contributed by atoms with Gasteiger partial charge in [0.2, 0.25) is 0 Å². The monoisotopic (exact) mass is 220 g/mol. The number of aliphatic hydroxyl groups excluding tert-OH is 1. The van der Waals surface area contributed by atoms with Gasteiger partial charge >= 0.3 is 0 Å². The Hall–Kier alpha value is -0.860. The molecule has 0 radical (unpaired) electrons. The predicted octanol–water partition coefficient (Wildman–Crippen LogP) is 2.07. The molecule has 1 aliphatic carbocycles. The Morgan fingerprint density at radius 3 is 2.25 bits per heavy atom. The second-order valence-corrected chi connectivity index (χ2v) is 5.11. The molecular formula is C14H20O2. The molecule has 2 N–H and O–H groups in total. The Morgan fingerprint density at radius 2 is 1.75 bits per heavy atom. The van der Waals surface area contributed by atoms with Crippen molar-refractivity contribution in [2.75, 3.05) is 0 Å². The minimum atomic E-state index is -0.402. The minimum absolute atomic E-state index is 0.230. The molecule has 1 atom stereocenters. The molecule has 0 heterocycles. The molecule has 1 fully saturated rings. The lowest BCUT2D eigenvalue weighted by Gasteiger charge is -2.09. The lowest BCUT2D eigenvalue weighted by atomic mass is 10.0. The van der Waals surface area contributed by atoms with Crippen LogP contribution in [0.15, 0.2) is 24.3 Å². The second kappa shape index (κ2) is 4.56. The lowest BCUT2D eigenvalue weighted by molar-refractivity contribution is 0.151. The van der Waals surface area contributed by atoms with Crippen LogP contribution >= 0.6 is 0 Å². The largest absolute Gasteiger partial charge is 0.393 e. The van der Waals surface area contributed by atoms with Crippen molar-refractivity contribution in [1.82, 2.24) is 0 Å². The Labute approximate surface area is 96.9 Å². The fourth-order valence-electron chi connectivity index (χ4n) is 1.90. The summed E-state index contributed by atoms with van der Waals surface area (Å²) in [5, 5.41) is 19.0. The van der Waals surface area contributed by atoms with Crippen LogP contribution in [-0.2, 0) is 12.8 Å². The van der Waals surface area contributed by atoms with Crippen LogP contribution in [0.25, 0.3) is 0 Å². The van der Waals surface area contributed by atoms with Crippen LogP contribution in [0.2, 0.25) is 0 Å². The topological polar surface area (TPSA) is 40.5 Å². The van der Waals surface area contributed by atoms with Gasteiger partial charge in [-0.2, -0.15) is 0 Å². The van der Waals surface area contributed by atoms with Crippen LogP contribution in [0, 0.1) is 0 Å². The third-order valence-electron chi connectivity index (χ3n) is 3.23. The van der Waals surface area contributed by atoms with E-state index in [1.54, 1.807) is 0 Å². The molecule has 1 aromatic rings. The Bertz CT molecular complexity index is 336. The van der Waals surface area contributed by atoms with Gasteiger partial charge in [0.25, 0.3) is 0 Å². The lowest BCUT2D eigenvalue weighted by Crippen LogP contribution is -2.10. The van der Waals surface area contributed by atoms with Crippen molar-refractivity contribution >= 4 is 0 Å². The summed E-state index contributed by atoms with van der Waals surface area (Å²) >= 11 is 0. The quantitative estimate of drug-likeness (QED) is 0.797. The molecule has 0 saturated heterocycles. The molecule has 2 heteroatoms. The van der Waals surface area contributed by atoms with Crippen molar-refractivity contribution in [2.45, 2.75) is 50.7 Å². The predicted molar refractivity (Wildman–Crippen MR) is 64.3 cm³/mol. The highest BCUT2D eigenvalue weighted by Crippen LogP contribution is 2.38. The second-order valence-electron chi connectivity index (χ2n) is 5.11. The van der Waals surface area contributed by atoms with E-state index in [0.29, 0.717) is 0 Å². The molecule has 0 aromatic heterocycles. The fourth-order valence-corrected chi connectivity index (χ4v) is 1.90. The SMILES string of the molecule is CC(O)CCc1ccc(CC2(O)CC2)cc1. The van der Waals surface area contributed by atoms with E-state index in [1.807, 2.05) is 6.92 Å². The summed E-state index contributed by atoms with van der Waals surface area (Å²) in [6.07, 6.45) is 4.16. The zero-order chi connectivity index (χ0) is 11.6. The van der Waals surface area contributed by atoms with Gasteiger partial charge < -0.3 is 10.2 Å². The van der Waals surface area contributed by atoms with Gasteiger partial charge in [0.1, 0.15) is 0 Å². The van der Waals surface area contributed by atoms with E-state index in [4.69, 9.17) is 0 Å². The van der Waals surface area contributed by atoms with Crippen LogP contribution in [0.4, 0.5) is 0 Å². The average Bonchev–Trinajstić information content (AvgIpc) is 2.95. The van der Waals surface area contributed by atoms with E-state index in [1.165, 1.54) is 11.1 Å². The summed E-state index contributed by atoms with van der Waals surface area (Å²) in [5.41, 5.74) is 2.06. The van der Waals surface area contributed by atoms with Gasteiger partial charge in [0, 0.05) is 6.42 Å². The number of aliphatic hydroxyl groups is 2. The van der Waals surface area contributed by atoms with Gasteiger partial charge in [-0.15, -0.1) is 0 Å². The number of rotatable bonds is 5. The Balaban J connectivity index is 1.88. The molecule has 1 aliphatic rings. The maximum absolute atomic E-state index is 9.79. The molecule has 16 heavy (non-hydrogen) atoms. The standard InChI is InChI=1S/C14H20O2/c1-11(15)2-3-12-4-6-13(7-5-12)10-14(16)8-9-14/h4-7,11,15-16H,2-3,8-10H2,1H3. The zero-order valence-electron chi connectivity index (χ0n) is 9.82. The van der Waals surface area contributed by atoms with Crippen molar-refractivity contribution in [3.63, 3.8) is 0 Å². The summed E-state index contributed by atoms with van der Waals surface area (Å²) in [6.45, 7) is 1.82. The molecule has 0 spiro atoms. The van der Waals surface area contributed by atoms with Crippen molar-refractivity contribution in [1.29, 1.82) is 0 Å². The molecule has 0 bridgehead atoms. The summed E-state index contributed by atoms with van der Waals surface area (Å²) < 4.78 is 0. The molecule has 88 valence electrons. The minimum Gasteiger partial charge on any atom is -0.393 e. The van der Waals surface area contributed by atoms with E-state index in [-0.39, 0.29) is 6.10 Å². The van der Waals surface area contributed by atoms with E-state index >= 15 is 0 Å². The van der Waals surface area contributed by atoms with Crippen LogP contribution in [0.5, 0.6) is 0 Å².